The third-order valence-electron chi connectivity index (χ3n) is 3.68. The van der Waals surface area contributed by atoms with E-state index in [2.05, 4.69) is 13.8 Å². The lowest BCUT2D eigenvalue weighted by molar-refractivity contribution is 0.0701. The van der Waals surface area contributed by atoms with E-state index >= 15 is 0 Å². The number of nitrogens with zero attached hydrogens (tertiary/aromatic N) is 1. The molecule has 1 amide bonds. The van der Waals surface area contributed by atoms with Crippen LogP contribution in [-0.4, -0.2) is 23.4 Å². The van der Waals surface area contributed by atoms with Gasteiger partial charge in [-0.05, 0) is 49.4 Å². The number of anilines is 1. The SMILES string of the molecule is Cc1cc(N)cc(C(=O)N2CCCC2C(C)C)c1. The molecule has 1 heterocycles. The molecule has 0 bridgehead atoms. The van der Waals surface area contributed by atoms with Crippen molar-refractivity contribution < 1.29 is 4.79 Å². The Bertz CT molecular complexity index is 434. The minimum absolute atomic E-state index is 0.126. The summed E-state index contributed by atoms with van der Waals surface area (Å²) in [7, 11) is 0. The number of carbonyl (C=O) groups excluding carboxylic acids is 1. The summed E-state index contributed by atoms with van der Waals surface area (Å²) in [4.78, 5) is 14.5. The van der Waals surface area contributed by atoms with E-state index in [0.717, 1.165) is 30.5 Å². The van der Waals surface area contributed by atoms with Crippen molar-refractivity contribution in [2.45, 2.75) is 39.7 Å². The average Bonchev–Trinajstić information content (AvgIpc) is 2.75. The van der Waals surface area contributed by atoms with Crippen molar-refractivity contribution >= 4 is 11.6 Å². The molecule has 1 aliphatic heterocycles. The summed E-state index contributed by atoms with van der Waals surface area (Å²) in [5.41, 5.74) is 8.25. The van der Waals surface area contributed by atoms with Gasteiger partial charge >= 0.3 is 0 Å². The molecule has 2 rings (SSSR count). The molecule has 0 spiro atoms. The molecule has 1 aromatic rings. The minimum atomic E-state index is 0.126. The Morgan fingerprint density at radius 3 is 2.72 bits per heavy atom. The maximum atomic E-state index is 12.5. The summed E-state index contributed by atoms with van der Waals surface area (Å²) in [5.74, 6) is 0.639. The fourth-order valence-electron chi connectivity index (χ4n) is 2.84. The third-order valence-corrected chi connectivity index (χ3v) is 3.68. The molecule has 3 nitrogen and oxygen atoms in total. The standard InChI is InChI=1S/C15H22N2O/c1-10(2)14-5-4-6-17(14)15(18)12-7-11(3)8-13(16)9-12/h7-10,14H,4-6,16H2,1-3H3. The molecule has 2 N–H and O–H groups in total. The molecule has 1 atom stereocenters. The van der Waals surface area contributed by atoms with Gasteiger partial charge in [0, 0.05) is 23.8 Å². The highest BCUT2D eigenvalue weighted by Crippen LogP contribution is 2.26. The molecular weight excluding hydrogens is 224 g/mol. The highest BCUT2D eigenvalue weighted by Gasteiger charge is 2.31. The van der Waals surface area contributed by atoms with Gasteiger partial charge in [-0.3, -0.25) is 4.79 Å². The fraction of sp³-hybridized carbons (Fsp3) is 0.533. The Labute approximate surface area is 109 Å². The molecule has 0 aliphatic carbocycles. The Kier molecular flexibility index (Phi) is 3.60. The summed E-state index contributed by atoms with van der Waals surface area (Å²) in [6.07, 6.45) is 2.22. The van der Waals surface area contributed by atoms with Crippen molar-refractivity contribution in [3.63, 3.8) is 0 Å². The van der Waals surface area contributed by atoms with Gasteiger partial charge in [0.05, 0.1) is 0 Å². The number of hydrogen-bond acceptors (Lipinski definition) is 2. The van der Waals surface area contributed by atoms with Gasteiger partial charge in [0.15, 0.2) is 0 Å². The molecule has 0 aromatic heterocycles. The van der Waals surface area contributed by atoms with Crippen molar-refractivity contribution in [3.05, 3.63) is 29.3 Å². The molecule has 98 valence electrons. The van der Waals surface area contributed by atoms with Crippen molar-refractivity contribution in [2.75, 3.05) is 12.3 Å². The third kappa shape index (κ3) is 2.50. The highest BCUT2D eigenvalue weighted by atomic mass is 16.2. The van der Waals surface area contributed by atoms with Gasteiger partial charge in [0.2, 0.25) is 0 Å². The van der Waals surface area contributed by atoms with Crippen LogP contribution in [0.25, 0.3) is 0 Å². The summed E-state index contributed by atoms with van der Waals surface area (Å²) in [6, 6.07) is 5.97. The Hall–Kier alpha value is -1.51. The molecule has 3 heteroatoms. The summed E-state index contributed by atoms with van der Waals surface area (Å²) in [5, 5.41) is 0. The molecule has 1 fully saturated rings. The van der Waals surface area contributed by atoms with E-state index < -0.39 is 0 Å². The van der Waals surface area contributed by atoms with E-state index in [4.69, 9.17) is 5.73 Å². The maximum absolute atomic E-state index is 12.5. The smallest absolute Gasteiger partial charge is 0.254 e. The molecule has 1 aromatic carbocycles. The van der Waals surface area contributed by atoms with Gasteiger partial charge in [-0.25, -0.2) is 0 Å². The molecule has 1 saturated heterocycles. The van der Waals surface area contributed by atoms with Crippen LogP contribution in [0.15, 0.2) is 18.2 Å². The topological polar surface area (TPSA) is 46.3 Å². The largest absolute Gasteiger partial charge is 0.399 e. The molecule has 0 saturated carbocycles. The van der Waals surface area contributed by atoms with Crippen LogP contribution in [0.4, 0.5) is 5.69 Å². The lowest BCUT2D eigenvalue weighted by Gasteiger charge is -2.28. The molecule has 1 unspecified atom stereocenters. The fourth-order valence-corrected chi connectivity index (χ4v) is 2.84. The van der Waals surface area contributed by atoms with E-state index in [1.807, 2.05) is 24.0 Å². The predicted octanol–water partition coefficient (Wildman–Crippen LogP) is 2.84. The first-order chi connectivity index (χ1) is 8.49. The zero-order valence-corrected chi connectivity index (χ0v) is 11.4. The predicted molar refractivity (Wildman–Crippen MR) is 74.5 cm³/mol. The van der Waals surface area contributed by atoms with Gasteiger partial charge in [-0.2, -0.15) is 0 Å². The molecule has 18 heavy (non-hydrogen) atoms. The Morgan fingerprint density at radius 2 is 2.11 bits per heavy atom. The summed E-state index contributed by atoms with van der Waals surface area (Å²) in [6.45, 7) is 7.20. The quantitative estimate of drug-likeness (QED) is 0.816. The van der Waals surface area contributed by atoms with E-state index in [1.165, 1.54) is 0 Å². The van der Waals surface area contributed by atoms with Crippen LogP contribution in [0.5, 0.6) is 0 Å². The average molecular weight is 246 g/mol. The van der Waals surface area contributed by atoms with Gasteiger partial charge < -0.3 is 10.6 Å². The molecule has 1 aliphatic rings. The maximum Gasteiger partial charge on any atom is 0.254 e. The number of hydrogen-bond donors (Lipinski definition) is 1. The first-order valence-electron chi connectivity index (χ1n) is 6.67. The first kappa shape index (κ1) is 12.9. The number of nitrogen functional groups attached to an aromatic ring is 1. The van der Waals surface area contributed by atoms with E-state index in [9.17, 15) is 4.79 Å². The second-order valence-corrected chi connectivity index (χ2v) is 5.58. The normalized spacial score (nSPS) is 19.6. The van der Waals surface area contributed by atoms with Crippen LogP contribution in [0.3, 0.4) is 0 Å². The first-order valence-corrected chi connectivity index (χ1v) is 6.67. The van der Waals surface area contributed by atoms with Crippen LogP contribution >= 0.6 is 0 Å². The number of carbonyl (C=O) groups is 1. The number of nitrogens with two attached hydrogens (primary N) is 1. The lowest BCUT2D eigenvalue weighted by Crippen LogP contribution is -2.38. The number of amides is 1. The summed E-state index contributed by atoms with van der Waals surface area (Å²) < 4.78 is 0. The van der Waals surface area contributed by atoms with Crippen molar-refractivity contribution in [3.8, 4) is 0 Å². The summed E-state index contributed by atoms with van der Waals surface area (Å²) >= 11 is 0. The number of aryl methyl sites for hydroxylation is 1. The Morgan fingerprint density at radius 1 is 1.39 bits per heavy atom. The second-order valence-electron chi connectivity index (χ2n) is 5.58. The second kappa shape index (κ2) is 5.01. The van der Waals surface area contributed by atoms with Gasteiger partial charge in [0.1, 0.15) is 0 Å². The minimum Gasteiger partial charge on any atom is -0.399 e. The Balaban J connectivity index is 2.25. The highest BCUT2D eigenvalue weighted by molar-refractivity contribution is 5.95. The van der Waals surface area contributed by atoms with Crippen molar-refractivity contribution in [1.82, 2.24) is 4.90 Å². The zero-order chi connectivity index (χ0) is 13.3. The van der Waals surface area contributed by atoms with Gasteiger partial charge in [-0.1, -0.05) is 13.8 Å². The van der Waals surface area contributed by atoms with Gasteiger partial charge in [0.25, 0.3) is 5.91 Å². The van der Waals surface area contributed by atoms with Crippen molar-refractivity contribution in [2.24, 2.45) is 5.92 Å². The molecule has 0 radical (unpaired) electrons. The van der Waals surface area contributed by atoms with Crippen LogP contribution in [0, 0.1) is 12.8 Å². The number of rotatable bonds is 2. The van der Waals surface area contributed by atoms with E-state index in [-0.39, 0.29) is 5.91 Å². The van der Waals surface area contributed by atoms with Crippen LogP contribution in [0.2, 0.25) is 0 Å². The van der Waals surface area contributed by atoms with Crippen molar-refractivity contribution in [1.29, 1.82) is 0 Å². The van der Waals surface area contributed by atoms with E-state index in [0.29, 0.717) is 17.6 Å². The van der Waals surface area contributed by atoms with E-state index in [1.54, 1.807) is 6.07 Å². The lowest BCUT2D eigenvalue weighted by atomic mass is 10.0. The monoisotopic (exact) mass is 246 g/mol. The van der Waals surface area contributed by atoms with Crippen LogP contribution < -0.4 is 5.73 Å². The zero-order valence-electron chi connectivity index (χ0n) is 11.4. The van der Waals surface area contributed by atoms with Gasteiger partial charge in [-0.15, -0.1) is 0 Å². The van der Waals surface area contributed by atoms with Crippen LogP contribution in [-0.2, 0) is 0 Å². The van der Waals surface area contributed by atoms with Crippen LogP contribution in [0.1, 0.15) is 42.6 Å². The number of likely N-dealkylation sites (tertiary alicyclic amines) is 1. The molecular formula is C15H22N2O. The number of benzene rings is 1.